The van der Waals surface area contributed by atoms with E-state index < -0.39 is 42.2 Å². The molecule has 3 rings (SSSR count). The molecule has 0 unspecified atom stereocenters. The van der Waals surface area contributed by atoms with Gasteiger partial charge in [-0.05, 0) is 31.9 Å². The highest BCUT2D eigenvalue weighted by atomic mass is 16.5. The Morgan fingerprint density at radius 2 is 1.86 bits per heavy atom. The summed E-state index contributed by atoms with van der Waals surface area (Å²) in [6, 6.07) is 5.73. The lowest BCUT2D eigenvalue weighted by molar-refractivity contribution is -0.153. The van der Waals surface area contributed by atoms with Gasteiger partial charge in [0, 0.05) is 6.04 Å². The van der Waals surface area contributed by atoms with Gasteiger partial charge in [0.05, 0.1) is 11.3 Å². The molecule has 1 atom stereocenters. The molecule has 4 amide bonds. The summed E-state index contributed by atoms with van der Waals surface area (Å²) in [7, 11) is 0. The molecule has 9 heteroatoms. The molecular weight excluding hydrogens is 366 g/mol. The molecule has 1 aromatic rings. The number of rotatable bonds is 5. The topological polar surface area (TPSA) is 122 Å². The van der Waals surface area contributed by atoms with Gasteiger partial charge in [-0.25, -0.2) is 4.79 Å². The van der Waals surface area contributed by atoms with Crippen molar-refractivity contribution in [1.29, 1.82) is 0 Å². The van der Waals surface area contributed by atoms with Crippen molar-refractivity contribution in [3.8, 4) is 0 Å². The number of imide groups is 1. The molecule has 0 bridgehead atoms. The van der Waals surface area contributed by atoms with Gasteiger partial charge in [-0.2, -0.15) is 0 Å². The summed E-state index contributed by atoms with van der Waals surface area (Å²) in [6.45, 7) is 0.814. The number of ether oxygens (including phenoxy) is 1. The second-order valence-corrected chi connectivity index (χ2v) is 6.81. The van der Waals surface area contributed by atoms with E-state index in [9.17, 15) is 24.0 Å². The number of nitrogens with zero attached hydrogens (tertiary/aromatic N) is 1. The zero-order chi connectivity index (χ0) is 20.3. The fraction of sp³-hybridized carbons (Fsp3) is 0.421. The Labute approximate surface area is 161 Å². The van der Waals surface area contributed by atoms with E-state index in [-0.39, 0.29) is 11.6 Å². The van der Waals surface area contributed by atoms with Crippen LogP contribution in [0.5, 0.6) is 0 Å². The van der Waals surface area contributed by atoms with Crippen molar-refractivity contribution < 1.29 is 28.7 Å². The van der Waals surface area contributed by atoms with Crippen LogP contribution in [0.15, 0.2) is 24.3 Å². The maximum absolute atomic E-state index is 12.1. The van der Waals surface area contributed by atoms with Gasteiger partial charge in [0.15, 0.2) is 6.10 Å². The number of carbonyl (C=O) groups is 5. The summed E-state index contributed by atoms with van der Waals surface area (Å²) in [6.07, 6.45) is 2.58. The molecule has 9 nitrogen and oxygen atoms in total. The first-order valence-electron chi connectivity index (χ1n) is 9.13. The largest absolute Gasteiger partial charge is 0.451 e. The monoisotopic (exact) mass is 387 g/mol. The summed E-state index contributed by atoms with van der Waals surface area (Å²) in [4.78, 5) is 61.0. The maximum Gasteiger partial charge on any atom is 0.326 e. The minimum atomic E-state index is -1.23. The minimum Gasteiger partial charge on any atom is -0.451 e. The second-order valence-electron chi connectivity index (χ2n) is 6.81. The van der Waals surface area contributed by atoms with Gasteiger partial charge in [-0.15, -0.1) is 0 Å². The number of carbonyl (C=O) groups excluding carboxylic acids is 5. The number of urea groups is 1. The number of fused-ring (bicyclic) bond motifs is 1. The van der Waals surface area contributed by atoms with Crippen LogP contribution in [0.2, 0.25) is 0 Å². The fourth-order valence-corrected chi connectivity index (χ4v) is 3.33. The maximum atomic E-state index is 12.1. The van der Waals surface area contributed by atoms with E-state index in [1.807, 2.05) is 0 Å². The highest BCUT2D eigenvalue weighted by molar-refractivity contribution is 6.52. The molecule has 148 valence electrons. The summed E-state index contributed by atoms with van der Waals surface area (Å²) in [5, 5.41) is 4.83. The Morgan fingerprint density at radius 3 is 2.57 bits per heavy atom. The van der Waals surface area contributed by atoms with Crippen LogP contribution in [0.3, 0.4) is 0 Å². The third-order valence-corrected chi connectivity index (χ3v) is 4.77. The molecule has 2 N–H and O–H groups in total. The van der Waals surface area contributed by atoms with Crippen molar-refractivity contribution in [2.75, 3.05) is 11.4 Å². The third kappa shape index (κ3) is 4.19. The highest BCUT2D eigenvalue weighted by Crippen LogP contribution is 2.28. The molecule has 28 heavy (non-hydrogen) atoms. The number of nitrogens with one attached hydrogen (secondary N) is 2. The summed E-state index contributed by atoms with van der Waals surface area (Å²) >= 11 is 0. The first-order valence-corrected chi connectivity index (χ1v) is 9.13. The van der Waals surface area contributed by atoms with Crippen LogP contribution >= 0.6 is 0 Å². The molecule has 1 heterocycles. The van der Waals surface area contributed by atoms with Crippen molar-refractivity contribution in [3.63, 3.8) is 0 Å². The van der Waals surface area contributed by atoms with Crippen LogP contribution in [0.25, 0.3) is 0 Å². The van der Waals surface area contributed by atoms with E-state index in [0.29, 0.717) is 5.69 Å². The number of ketones is 1. The minimum absolute atomic E-state index is 0.0458. The Morgan fingerprint density at radius 1 is 1.18 bits per heavy atom. The molecule has 1 aliphatic heterocycles. The Kier molecular flexibility index (Phi) is 5.72. The number of hydrogen-bond donors (Lipinski definition) is 2. The Bertz CT molecular complexity index is 831. The molecule has 2 aliphatic rings. The molecule has 0 spiro atoms. The molecule has 1 aliphatic carbocycles. The van der Waals surface area contributed by atoms with Gasteiger partial charge >= 0.3 is 12.0 Å². The number of Topliss-reactive ketones (excluding diaryl/α,β-unsaturated/α-hetero) is 1. The van der Waals surface area contributed by atoms with E-state index in [1.54, 1.807) is 18.2 Å². The van der Waals surface area contributed by atoms with Crippen molar-refractivity contribution in [3.05, 3.63) is 29.8 Å². The lowest BCUT2D eigenvalue weighted by Crippen LogP contribution is -2.47. The Hall–Kier alpha value is -3.23. The van der Waals surface area contributed by atoms with Gasteiger partial charge in [-0.1, -0.05) is 25.0 Å². The third-order valence-electron chi connectivity index (χ3n) is 4.77. The van der Waals surface area contributed by atoms with Crippen LogP contribution in [-0.4, -0.2) is 48.3 Å². The van der Waals surface area contributed by atoms with Crippen LogP contribution in [0.4, 0.5) is 10.5 Å². The van der Waals surface area contributed by atoms with Gasteiger partial charge in [0.2, 0.25) is 0 Å². The van der Waals surface area contributed by atoms with Crippen molar-refractivity contribution in [2.24, 2.45) is 0 Å². The van der Waals surface area contributed by atoms with Crippen LogP contribution in [0.1, 0.15) is 43.0 Å². The number of para-hydroxylation sites is 1. The average molecular weight is 387 g/mol. The zero-order valence-corrected chi connectivity index (χ0v) is 15.4. The molecule has 1 fully saturated rings. The predicted octanol–water partition coefficient (Wildman–Crippen LogP) is 0.916. The summed E-state index contributed by atoms with van der Waals surface area (Å²) in [5.74, 6) is -3.16. The molecule has 0 aromatic heterocycles. The normalized spacial score (nSPS) is 17.2. The highest BCUT2D eigenvalue weighted by Gasteiger charge is 2.37. The first-order chi connectivity index (χ1) is 13.4. The predicted molar refractivity (Wildman–Crippen MR) is 97.6 cm³/mol. The van der Waals surface area contributed by atoms with E-state index >= 15 is 0 Å². The lowest BCUT2D eigenvalue weighted by Gasteiger charge is -2.18. The Balaban J connectivity index is 1.51. The van der Waals surface area contributed by atoms with Gasteiger partial charge in [0.25, 0.3) is 17.6 Å². The first kappa shape index (κ1) is 19.5. The second kappa shape index (κ2) is 8.20. The van der Waals surface area contributed by atoms with Crippen LogP contribution in [-0.2, 0) is 19.1 Å². The average Bonchev–Trinajstić information content (AvgIpc) is 3.24. The number of amides is 4. The molecule has 0 saturated heterocycles. The number of esters is 1. The molecule has 0 radical (unpaired) electrons. The van der Waals surface area contributed by atoms with Crippen LogP contribution < -0.4 is 15.5 Å². The standard InChI is InChI=1S/C19H21N3O6/c1-11(17(25)21-19(27)20-12-6-2-3-7-12)28-15(23)10-22-14-9-5-4-8-13(14)16(24)18(22)26/h4-5,8-9,11-12H,2-3,6-7,10H2,1H3,(H2,20,21,25,27)/t11-/m0/s1. The van der Waals surface area contributed by atoms with Gasteiger partial charge in [0.1, 0.15) is 6.54 Å². The molecule has 1 aromatic carbocycles. The van der Waals surface area contributed by atoms with Crippen molar-refractivity contribution in [2.45, 2.75) is 44.8 Å². The zero-order valence-electron chi connectivity index (χ0n) is 15.4. The van der Waals surface area contributed by atoms with E-state index in [0.717, 1.165) is 30.6 Å². The van der Waals surface area contributed by atoms with Crippen LogP contribution in [0, 0.1) is 0 Å². The number of anilines is 1. The number of benzene rings is 1. The van der Waals surface area contributed by atoms with Gasteiger partial charge in [-0.3, -0.25) is 29.4 Å². The van der Waals surface area contributed by atoms with E-state index in [4.69, 9.17) is 4.74 Å². The van der Waals surface area contributed by atoms with E-state index in [2.05, 4.69) is 10.6 Å². The molecular formula is C19H21N3O6. The number of hydrogen-bond acceptors (Lipinski definition) is 6. The quantitative estimate of drug-likeness (QED) is 0.572. The fourth-order valence-electron chi connectivity index (χ4n) is 3.33. The smallest absolute Gasteiger partial charge is 0.326 e. The molecule has 1 saturated carbocycles. The lowest BCUT2D eigenvalue weighted by atomic mass is 10.1. The summed E-state index contributed by atoms with van der Waals surface area (Å²) in [5.41, 5.74) is 0.539. The van der Waals surface area contributed by atoms with E-state index in [1.165, 1.54) is 13.0 Å². The summed E-state index contributed by atoms with van der Waals surface area (Å²) < 4.78 is 5.01. The van der Waals surface area contributed by atoms with Crippen molar-refractivity contribution in [1.82, 2.24) is 10.6 Å². The SMILES string of the molecule is C[C@H](OC(=O)CN1C(=O)C(=O)c2ccccc21)C(=O)NC(=O)NC1CCCC1. The van der Waals surface area contributed by atoms with Crippen molar-refractivity contribution >= 4 is 35.3 Å². The van der Waals surface area contributed by atoms with Gasteiger partial charge < -0.3 is 10.1 Å².